The Morgan fingerprint density at radius 1 is 1.53 bits per heavy atom. The molecule has 0 fully saturated rings. The van der Waals surface area contributed by atoms with Gasteiger partial charge in [-0.3, -0.25) is 9.48 Å². The zero-order chi connectivity index (χ0) is 14.6. The average molecular weight is 332 g/mol. The Morgan fingerprint density at radius 3 is 2.58 bits per heavy atom. The van der Waals surface area contributed by atoms with Crippen LogP contribution in [0.25, 0.3) is 0 Å². The van der Waals surface area contributed by atoms with Crippen LogP contribution in [0.1, 0.15) is 38.1 Å². The lowest BCUT2D eigenvalue weighted by Crippen LogP contribution is -2.50. The number of carbonyl (C=O) groups is 1. The molecule has 0 radical (unpaired) electrons. The van der Waals surface area contributed by atoms with E-state index in [9.17, 15) is 9.90 Å². The van der Waals surface area contributed by atoms with E-state index < -0.39 is 11.5 Å². The number of halogens is 1. The SMILES string of the molecule is CCCNC(C)(CCn1nc(C)c(Br)c1C)C(=O)O. The standard InChI is InChI=1S/C13H22BrN3O2/c1-5-7-15-13(4,12(18)19)6-8-17-10(3)11(14)9(2)16-17/h15H,5-8H2,1-4H3,(H,18,19). The van der Waals surface area contributed by atoms with E-state index in [1.807, 2.05) is 25.5 Å². The summed E-state index contributed by atoms with van der Waals surface area (Å²) in [5.41, 5.74) is 1.05. The maximum Gasteiger partial charge on any atom is 0.323 e. The molecule has 2 N–H and O–H groups in total. The molecule has 1 aromatic rings. The van der Waals surface area contributed by atoms with Crippen LogP contribution in [0.3, 0.4) is 0 Å². The minimum absolute atomic E-state index is 0.497. The minimum atomic E-state index is -0.908. The maximum atomic E-state index is 11.4. The van der Waals surface area contributed by atoms with Crippen molar-refractivity contribution in [1.82, 2.24) is 15.1 Å². The fourth-order valence-electron chi connectivity index (χ4n) is 1.89. The van der Waals surface area contributed by atoms with Crippen LogP contribution in [-0.2, 0) is 11.3 Å². The molecule has 1 atom stereocenters. The third-order valence-corrected chi connectivity index (χ3v) is 4.50. The van der Waals surface area contributed by atoms with E-state index in [-0.39, 0.29) is 0 Å². The van der Waals surface area contributed by atoms with Gasteiger partial charge in [-0.05, 0) is 56.1 Å². The number of carboxylic acid groups (broad SMARTS) is 1. The molecule has 0 aromatic carbocycles. The van der Waals surface area contributed by atoms with Crippen molar-refractivity contribution >= 4 is 21.9 Å². The lowest BCUT2D eigenvalue weighted by molar-refractivity contribution is -0.144. The molecule has 0 aliphatic heterocycles. The van der Waals surface area contributed by atoms with Crippen LogP contribution in [0.5, 0.6) is 0 Å². The van der Waals surface area contributed by atoms with Crippen molar-refractivity contribution in [3.63, 3.8) is 0 Å². The Morgan fingerprint density at radius 2 is 2.16 bits per heavy atom. The number of nitrogens with one attached hydrogen (secondary N) is 1. The van der Waals surface area contributed by atoms with Crippen molar-refractivity contribution in [3.05, 3.63) is 15.9 Å². The van der Waals surface area contributed by atoms with Gasteiger partial charge in [0, 0.05) is 12.2 Å². The van der Waals surface area contributed by atoms with Crippen molar-refractivity contribution in [2.45, 2.75) is 52.6 Å². The highest BCUT2D eigenvalue weighted by Crippen LogP contribution is 2.21. The van der Waals surface area contributed by atoms with Gasteiger partial charge in [0.1, 0.15) is 5.54 Å². The first-order chi connectivity index (χ1) is 8.81. The number of hydrogen-bond acceptors (Lipinski definition) is 3. The Hall–Kier alpha value is -0.880. The van der Waals surface area contributed by atoms with Crippen molar-refractivity contribution in [1.29, 1.82) is 0 Å². The summed E-state index contributed by atoms with van der Waals surface area (Å²) in [6, 6.07) is 0. The number of rotatable bonds is 7. The van der Waals surface area contributed by atoms with E-state index in [4.69, 9.17) is 0 Å². The molecule has 0 spiro atoms. The molecule has 1 aromatic heterocycles. The predicted octanol–water partition coefficient (Wildman–Crippen LogP) is 2.50. The number of carboxylic acids is 1. The summed E-state index contributed by atoms with van der Waals surface area (Å²) in [5.74, 6) is -0.818. The Labute approximate surface area is 122 Å². The van der Waals surface area contributed by atoms with Gasteiger partial charge in [0.15, 0.2) is 0 Å². The first-order valence-electron chi connectivity index (χ1n) is 6.49. The fourth-order valence-corrected chi connectivity index (χ4v) is 2.18. The number of aliphatic carboxylic acids is 1. The first-order valence-corrected chi connectivity index (χ1v) is 7.29. The van der Waals surface area contributed by atoms with Gasteiger partial charge in [-0.15, -0.1) is 0 Å². The molecule has 0 saturated heterocycles. The summed E-state index contributed by atoms with van der Waals surface area (Å²) in [6.07, 6.45) is 1.41. The lowest BCUT2D eigenvalue weighted by Gasteiger charge is -2.26. The molecule has 0 saturated carbocycles. The molecule has 108 valence electrons. The molecule has 5 nitrogen and oxygen atoms in total. The molecular weight excluding hydrogens is 310 g/mol. The summed E-state index contributed by atoms with van der Waals surface area (Å²) >= 11 is 3.48. The highest BCUT2D eigenvalue weighted by atomic mass is 79.9. The lowest BCUT2D eigenvalue weighted by atomic mass is 9.98. The second kappa shape index (κ2) is 6.52. The van der Waals surface area contributed by atoms with Gasteiger partial charge < -0.3 is 10.4 Å². The van der Waals surface area contributed by atoms with E-state index in [1.165, 1.54) is 0 Å². The number of aryl methyl sites for hydroxylation is 2. The van der Waals surface area contributed by atoms with Gasteiger partial charge in [0.2, 0.25) is 0 Å². The molecule has 0 aliphatic carbocycles. The van der Waals surface area contributed by atoms with Crippen molar-refractivity contribution < 1.29 is 9.90 Å². The second-order valence-corrected chi connectivity index (χ2v) is 5.81. The van der Waals surface area contributed by atoms with Crippen molar-refractivity contribution in [3.8, 4) is 0 Å². The summed E-state index contributed by atoms with van der Waals surface area (Å²) in [6.45, 7) is 8.93. The smallest absolute Gasteiger partial charge is 0.323 e. The average Bonchev–Trinajstić information content (AvgIpc) is 2.61. The molecule has 1 rings (SSSR count). The third-order valence-electron chi connectivity index (χ3n) is 3.35. The molecule has 6 heteroatoms. The number of aromatic nitrogens is 2. The normalized spacial score (nSPS) is 14.4. The van der Waals surface area contributed by atoms with Crippen LogP contribution >= 0.6 is 15.9 Å². The molecule has 0 aliphatic rings. The monoisotopic (exact) mass is 331 g/mol. The van der Waals surface area contributed by atoms with Crippen LogP contribution in [0.2, 0.25) is 0 Å². The molecular formula is C13H22BrN3O2. The summed E-state index contributed by atoms with van der Waals surface area (Å²) in [7, 11) is 0. The van der Waals surface area contributed by atoms with Crippen LogP contribution in [0.4, 0.5) is 0 Å². The maximum absolute atomic E-state index is 11.4. The van der Waals surface area contributed by atoms with Crippen LogP contribution in [0.15, 0.2) is 4.47 Å². The van der Waals surface area contributed by atoms with Gasteiger partial charge in [-0.1, -0.05) is 6.92 Å². The van der Waals surface area contributed by atoms with E-state index >= 15 is 0 Å². The molecule has 0 amide bonds. The third kappa shape index (κ3) is 3.79. The second-order valence-electron chi connectivity index (χ2n) is 5.02. The van der Waals surface area contributed by atoms with E-state index in [2.05, 4.69) is 26.3 Å². The van der Waals surface area contributed by atoms with Gasteiger partial charge in [0.05, 0.1) is 10.2 Å². The van der Waals surface area contributed by atoms with Gasteiger partial charge in [-0.25, -0.2) is 0 Å². The topological polar surface area (TPSA) is 67.2 Å². The zero-order valence-electron chi connectivity index (χ0n) is 12.0. The molecule has 1 unspecified atom stereocenters. The zero-order valence-corrected chi connectivity index (χ0v) is 13.5. The molecule has 19 heavy (non-hydrogen) atoms. The predicted molar refractivity (Wildman–Crippen MR) is 78.4 cm³/mol. The first kappa shape index (κ1) is 16.2. The highest BCUT2D eigenvalue weighted by molar-refractivity contribution is 9.10. The fraction of sp³-hybridized carbons (Fsp3) is 0.692. The molecule has 1 heterocycles. The van der Waals surface area contributed by atoms with Gasteiger partial charge in [0.25, 0.3) is 0 Å². The van der Waals surface area contributed by atoms with Crippen molar-refractivity contribution in [2.75, 3.05) is 6.54 Å². The number of hydrogen-bond donors (Lipinski definition) is 2. The Balaban J connectivity index is 2.76. The van der Waals surface area contributed by atoms with Crippen molar-refractivity contribution in [2.24, 2.45) is 0 Å². The van der Waals surface area contributed by atoms with E-state index in [0.717, 1.165) is 22.3 Å². The van der Waals surface area contributed by atoms with Crippen LogP contribution in [-0.4, -0.2) is 32.9 Å². The van der Waals surface area contributed by atoms with Crippen LogP contribution in [0, 0.1) is 13.8 Å². The highest BCUT2D eigenvalue weighted by Gasteiger charge is 2.32. The Kier molecular flexibility index (Phi) is 5.55. The quantitative estimate of drug-likeness (QED) is 0.805. The summed E-state index contributed by atoms with van der Waals surface area (Å²) < 4.78 is 2.85. The Bertz CT molecular complexity index is 459. The van der Waals surface area contributed by atoms with E-state index in [1.54, 1.807) is 6.92 Å². The summed E-state index contributed by atoms with van der Waals surface area (Å²) in [4.78, 5) is 11.4. The number of nitrogens with zero attached hydrogens (tertiary/aromatic N) is 2. The largest absolute Gasteiger partial charge is 0.480 e. The van der Waals surface area contributed by atoms with E-state index in [0.29, 0.717) is 19.5 Å². The van der Waals surface area contributed by atoms with Gasteiger partial charge in [-0.2, -0.15) is 5.10 Å². The summed E-state index contributed by atoms with van der Waals surface area (Å²) in [5, 5.41) is 16.9. The molecule has 0 bridgehead atoms. The van der Waals surface area contributed by atoms with Gasteiger partial charge >= 0.3 is 5.97 Å². The van der Waals surface area contributed by atoms with Crippen LogP contribution < -0.4 is 5.32 Å². The minimum Gasteiger partial charge on any atom is -0.480 e.